The van der Waals surface area contributed by atoms with Crippen molar-refractivity contribution in [3.8, 4) is 0 Å². The fourth-order valence-electron chi connectivity index (χ4n) is 3.40. The van der Waals surface area contributed by atoms with Crippen LogP contribution in [0.4, 0.5) is 0 Å². The van der Waals surface area contributed by atoms with E-state index in [1.807, 2.05) is 37.3 Å². The van der Waals surface area contributed by atoms with Crippen molar-refractivity contribution in [2.75, 3.05) is 13.1 Å². The molecule has 1 saturated heterocycles. The van der Waals surface area contributed by atoms with Gasteiger partial charge in [-0.05, 0) is 30.2 Å². The van der Waals surface area contributed by atoms with Crippen molar-refractivity contribution in [2.45, 2.75) is 32.0 Å². The predicted molar refractivity (Wildman–Crippen MR) is 109 cm³/mol. The SMILES string of the molecule is C/C(=N\C1(NC=O)CCN(Cc2ccccc2)CC1)c1ccc(Br)cc1. The molecule has 0 saturated carbocycles. The Bertz CT molecular complexity index is 751. The summed E-state index contributed by atoms with van der Waals surface area (Å²) in [6.07, 6.45) is 2.41. The molecule has 1 aliphatic rings. The number of carbonyl (C=O) groups excluding carboxylic acids is 1. The molecule has 1 fully saturated rings. The molecule has 0 spiro atoms. The van der Waals surface area contributed by atoms with Crippen LogP contribution in [0.5, 0.6) is 0 Å². The Hall–Kier alpha value is -1.98. The molecule has 5 heteroatoms. The molecular formula is C21H24BrN3O. The highest BCUT2D eigenvalue weighted by molar-refractivity contribution is 9.10. The van der Waals surface area contributed by atoms with Gasteiger partial charge in [0.05, 0.1) is 0 Å². The van der Waals surface area contributed by atoms with Crippen LogP contribution in [-0.4, -0.2) is 35.8 Å². The number of benzene rings is 2. The van der Waals surface area contributed by atoms with E-state index in [9.17, 15) is 4.79 Å². The molecule has 1 N–H and O–H groups in total. The van der Waals surface area contributed by atoms with E-state index in [1.54, 1.807) is 0 Å². The monoisotopic (exact) mass is 413 g/mol. The molecule has 1 aliphatic heterocycles. The van der Waals surface area contributed by atoms with Crippen molar-refractivity contribution in [2.24, 2.45) is 4.99 Å². The number of aliphatic imine (C=N–C) groups is 1. The number of amides is 1. The van der Waals surface area contributed by atoms with Crippen LogP contribution in [0.3, 0.4) is 0 Å². The van der Waals surface area contributed by atoms with Crippen molar-refractivity contribution in [1.82, 2.24) is 10.2 Å². The van der Waals surface area contributed by atoms with Crippen LogP contribution < -0.4 is 5.32 Å². The van der Waals surface area contributed by atoms with Gasteiger partial charge >= 0.3 is 0 Å². The Balaban J connectivity index is 1.70. The molecule has 0 unspecified atom stereocenters. The second kappa shape index (κ2) is 8.60. The molecule has 0 aliphatic carbocycles. The second-order valence-corrected chi connectivity index (χ2v) is 7.68. The predicted octanol–water partition coefficient (Wildman–Crippen LogP) is 4.00. The Morgan fingerprint density at radius 2 is 1.81 bits per heavy atom. The minimum Gasteiger partial charge on any atom is -0.334 e. The molecule has 1 amide bonds. The van der Waals surface area contributed by atoms with Gasteiger partial charge in [-0.2, -0.15) is 0 Å². The topological polar surface area (TPSA) is 44.7 Å². The van der Waals surface area contributed by atoms with E-state index in [2.05, 4.69) is 50.4 Å². The second-order valence-electron chi connectivity index (χ2n) is 6.76. The van der Waals surface area contributed by atoms with Crippen molar-refractivity contribution >= 4 is 28.1 Å². The number of nitrogens with one attached hydrogen (secondary N) is 1. The summed E-state index contributed by atoms with van der Waals surface area (Å²) in [4.78, 5) is 18.6. The molecule has 136 valence electrons. The van der Waals surface area contributed by atoms with Crippen molar-refractivity contribution < 1.29 is 4.79 Å². The number of likely N-dealkylation sites (tertiary alicyclic amines) is 1. The lowest BCUT2D eigenvalue weighted by Gasteiger charge is -2.39. The average molecular weight is 414 g/mol. The maximum Gasteiger partial charge on any atom is 0.208 e. The molecule has 0 aromatic heterocycles. The fourth-order valence-corrected chi connectivity index (χ4v) is 3.66. The normalized spacial score (nSPS) is 17.7. The summed E-state index contributed by atoms with van der Waals surface area (Å²) in [7, 11) is 0. The van der Waals surface area contributed by atoms with Gasteiger partial charge in [-0.3, -0.25) is 14.7 Å². The first-order chi connectivity index (χ1) is 12.6. The van der Waals surface area contributed by atoms with Crippen LogP contribution in [0.2, 0.25) is 0 Å². The van der Waals surface area contributed by atoms with Crippen LogP contribution in [0, 0.1) is 0 Å². The highest BCUT2D eigenvalue weighted by Gasteiger charge is 2.34. The quantitative estimate of drug-likeness (QED) is 0.574. The van der Waals surface area contributed by atoms with E-state index < -0.39 is 5.66 Å². The largest absolute Gasteiger partial charge is 0.334 e. The van der Waals surface area contributed by atoms with E-state index >= 15 is 0 Å². The highest BCUT2D eigenvalue weighted by Crippen LogP contribution is 2.26. The summed E-state index contributed by atoms with van der Waals surface area (Å²) in [5.74, 6) is 0. The van der Waals surface area contributed by atoms with Gasteiger partial charge in [0.2, 0.25) is 6.41 Å². The van der Waals surface area contributed by atoms with E-state index in [0.717, 1.165) is 54.6 Å². The Morgan fingerprint density at radius 3 is 2.42 bits per heavy atom. The Kier molecular flexibility index (Phi) is 6.22. The number of rotatable bonds is 6. The highest BCUT2D eigenvalue weighted by atomic mass is 79.9. The molecule has 0 radical (unpaired) electrons. The first-order valence-corrected chi connectivity index (χ1v) is 9.69. The molecule has 0 atom stereocenters. The van der Waals surface area contributed by atoms with E-state index in [4.69, 9.17) is 4.99 Å². The van der Waals surface area contributed by atoms with Gasteiger partial charge in [0.25, 0.3) is 0 Å². The maximum absolute atomic E-state index is 11.2. The third kappa shape index (κ3) is 4.80. The lowest BCUT2D eigenvalue weighted by atomic mass is 9.96. The first kappa shape index (κ1) is 18.8. The van der Waals surface area contributed by atoms with E-state index in [1.165, 1.54) is 5.56 Å². The van der Waals surface area contributed by atoms with Crippen molar-refractivity contribution in [1.29, 1.82) is 0 Å². The number of piperidine rings is 1. The lowest BCUT2D eigenvalue weighted by Crippen LogP contribution is -2.52. The van der Waals surface area contributed by atoms with Crippen LogP contribution >= 0.6 is 15.9 Å². The number of hydrogen-bond acceptors (Lipinski definition) is 3. The summed E-state index contributed by atoms with van der Waals surface area (Å²) in [5, 5.41) is 2.99. The van der Waals surface area contributed by atoms with Gasteiger partial charge < -0.3 is 5.32 Å². The summed E-state index contributed by atoms with van der Waals surface area (Å²) in [6.45, 7) is 4.76. The zero-order valence-electron chi connectivity index (χ0n) is 15.0. The lowest BCUT2D eigenvalue weighted by molar-refractivity contribution is -0.111. The standard InChI is InChI=1S/C21H24BrN3O/c1-17(19-7-9-20(22)10-8-19)24-21(23-16-26)11-13-25(14-12-21)15-18-5-3-2-4-6-18/h2-10,16H,11-15H2,1H3,(H,23,26)/b24-17+. The summed E-state index contributed by atoms with van der Waals surface area (Å²) >= 11 is 3.46. The summed E-state index contributed by atoms with van der Waals surface area (Å²) in [6, 6.07) is 18.6. The van der Waals surface area contributed by atoms with Crippen molar-refractivity contribution in [3.05, 3.63) is 70.2 Å². The summed E-state index contributed by atoms with van der Waals surface area (Å²) < 4.78 is 1.05. The van der Waals surface area contributed by atoms with Crippen LogP contribution in [0.1, 0.15) is 30.9 Å². The molecule has 26 heavy (non-hydrogen) atoms. The maximum atomic E-state index is 11.2. The molecule has 4 nitrogen and oxygen atoms in total. The first-order valence-electron chi connectivity index (χ1n) is 8.90. The minimum atomic E-state index is -0.508. The third-order valence-corrected chi connectivity index (χ3v) is 5.43. The van der Waals surface area contributed by atoms with Gasteiger partial charge in [0.1, 0.15) is 5.66 Å². The zero-order valence-corrected chi connectivity index (χ0v) is 16.6. The fraction of sp³-hybridized carbons (Fsp3) is 0.333. The van der Waals surface area contributed by atoms with Crippen LogP contribution in [0.15, 0.2) is 64.1 Å². The minimum absolute atomic E-state index is 0.508. The molecule has 2 aromatic rings. The van der Waals surface area contributed by atoms with Gasteiger partial charge in [0, 0.05) is 42.7 Å². The van der Waals surface area contributed by atoms with Crippen LogP contribution in [0.25, 0.3) is 0 Å². The number of hydrogen-bond donors (Lipinski definition) is 1. The molecule has 2 aromatic carbocycles. The van der Waals surface area contributed by atoms with Gasteiger partial charge in [0.15, 0.2) is 0 Å². The van der Waals surface area contributed by atoms with Crippen LogP contribution in [-0.2, 0) is 11.3 Å². The molecule has 3 rings (SSSR count). The van der Waals surface area contributed by atoms with Gasteiger partial charge in [-0.15, -0.1) is 0 Å². The number of halogens is 1. The number of carbonyl (C=O) groups is 1. The van der Waals surface area contributed by atoms with Gasteiger partial charge in [-0.25, -0.2) is 0 Å². The smallest absolute Gasteiger partial charge is 0.208 e. The van der Waals surface area contributed by atoms with Crippen molar-refractivity contribution in [3.63, 3.8) is 0 Å². The molecular weight excluding hydrogens is 390 g/mol. The summed E-state index contributed by atoms with van der Waals surface area (Å²) in [5.41, 5.74) is 2.83. The van der Waals surface area contributed by atoms with E-state index in [0.29, 0.717) is 0 Å². The third-order valence-electron chi connectivity index (χ3n) is 4.90. The Labute approximate surface area is 163 Å². The molecule has 0 bridgehead atoms. The number of nitrogens with zero attached hydrogens (tertiary/aromatic N) is 2. The zero-order chi connectivity index (χ0) is 18.4. The average Bonchev–Trinajstić information content (AvgIpc) is 2.65. The molecule has 1 heterocycles. The van der Waals surface area contributed by atoms with E-state index in [-0.39, 0.29) is 0 Å². The Morgan fingerprint density at radius 1 is 1.15 bits per heavy atom. The van der Waals surface area contributed by atoms with Gasteiger partial charge in [-0.1, -0.05) is 58.4 Å².